The topological polar surface area (TPSA) is 3.88 Å². The van der Waals surface area contributed by atoms with Gasteiger partial charge in [0.05, 0.1) is 0 Å². The van der Waals surface area contributed by atoms with Crippen LogP contribution in [0.25, 0.3) is 10.9 Å². The molecule has 1 nitrogen and oxygen atoms in total. The summed E-state index contributed by atoms with van der Waals surface area (Å²) >= 11 is 5.07. The number of aromatic nitrogens is 1. The van der Waals surface area contributed by atoms with Gasteiger partial charge < -0.3 is 0 Å². The van der Waals surface area contributed by atoms with Gasteiger partial charge in [-0.15, -0.1) is 0 Å². The zero-order valence-electron chi connectivity index (χ0n) is 8.90. The Labute approximate surface area is 117 Å². The molecule has 1 aromatic carbocycles. The third-order valence-electron chi connectivity index (χ3n) is 3.07. The van der Waals surface area contributed by atoms with E-state index < -0.39 is 22.1 Å². The van der Waals surface area contributed by atoms with Crippen molar-refractivity contribution >= 4 is 34.6 Å². The van der Waals surface area contributed by atoms with Crippen molar-refractivity contribution < 1.29 is 26.7 Å². The first-order valence-electron chi connectivity index (χ1n) is 5.52. The van der Waals surface area contributed by atoms with Gasteiger partial charge in [-0.1, -0.05) is 0 Å². The molecule has 1 atom stereocenters. The number of para-hydroxylation sites is 1. The predicted octanol–water partition coefficient (Wildman–Crippen LogP) is 3.58. The van der Waals surface area contributed by atoms with Gasteiger partial charge in [-0.2, -0.15) is 0 Å². The van der Waals surface area contributed by atoms with Crippen LogP contribution >= 0.6 is 23.7 Å². The summed E-state index contributed by atoms with van der Waals surface area (Å²) in [4.78, 5) is 0. The van der Waals surface area contributed by atoms with E-state index in [0.717, 1.165) is 6.04 Å². The molecule has 0 radical (unpaired) electrons. The number of halogens is 1. The van der Waals surface area contributed by atoms with Crippen molar-refractivity contribution in [3.63, 3.8) is 0 Å². The summed E-state index contributed by atoms with van der Waals surface area (Å²) in [6.07, 6.45) is 0. The number of rotatable bonds is 2. The maximum atomic E-state index is 3.77. The van der Waals surface area contributed by atoms with E-state index >= 15 is 0 Å². The van der Waals surface area contributed by atoms with Crippen molar-refractivity contribution in [1.82, 2.24) is 0 Å². The first kappa shape index (κ1) is 11.5. The summed E-state index contributed by atoms with van der Waals surface area (Å²) in [5, 5.41) is 2.81. The van der Waals surface area contributed by atoms with Gasteiger partial charge in [-0.3, -0.25) is 0 Å². The van der Waals surface area contributed by atoms with Crippen LogP contribution in [0.1, 0.15) is 6.04 Å². The van der Waals surface area contributed by atoms with Crippen LogP contribution in [0.5, 0.6) is 0 Å². The van der Waals surface area contributed by atoms with Gasteiger partial charge in [0.1, 0.15) is 0 Å². The number of pyridine rings is 1. The molecule has 0 bridgehead atoms. The van der Waals surface area contributed by atoms with Crippen molar-refractivity contribution in [2.24, 2.45) is 0 Å². The molecular formula is C12H11BrHgNS+. The molecule has 3 rings (SSSR count). The number of hydrogen-bond donors (Lipinski definition) is 0. The second-order valence-electron chi connectivity index (χ2n) is 4.04. The Morgan fingerprint density at radius 2 is 2.19 bits per heavy atom. The van der Waals surface area contributed by atoms with Crippen LogP contribution in [-0.4, -0.2) is 5.75 Å². The molecule has 0 saturated heterocycles. The molecule has 0 saturated carbocycles. The van der Waals surface area contributed by atoms with Crippen LogP contribution in [0, 0.1) is 0 Å². The summed E-state index contributed by atoms with van der Waals surface area (Å²) < 4.78 is 3.99. The van der Waals surface area contributed by atoms with Gasteiger partial charge >= 0.3 is 118 Å². The Morgan fingerprint density at radius 1 is 1.31 bits per heavy atom. The number of benzene rings is 1. The Kier molecular flexibility index (Phi) is 3.55. The Hall–Kier alpha value is 0.395. The summed E-state index contributed by atoms with van der Waals surface area (Å²) in [5.74, 6) is 1.26. The molecule has 0 N–H and O–H groups in total. The van der Waals surface area contributed by atoms with E-state index in [1.807, 2.05) is 11.8 Å². The second-order valence-corrected chi connectivity index (χ2v) is 15.8. The quantitative estimate of drug-likeness (QED) is 0.468. The first-order valence-corrected chi connectivity index (χ1v) is 22.3. The van der Waals surface area contributed by atoms with E-state index in [2.05, 4.69) is 52.9 Å². The molecule has 4 heteroatoms. The third kappa shape index (κ3) is 1.95. The molecule has 2 aromatic rings. The van der Waals surface area contributed by atoms with Gasteiger partial charge in [-0.25, -0.2) is 0 Å². The fourth-order valence-corrected chi connectivity index (χ4v) is 12.1. The summed E-state index contributed by atoms with van der Waals surface area (Å²) in [7, 11) is 0. The molecule has 1 aromatic heterocycles. The summed E-state index contributed by atoms with van der Waals surface area (Å²) in [6.45, 7) is 0. The van der Waals surface area contributed by atoms with Gasteiger partial charge in [0.2, 0.25) is 0 Å². The van der Waals surface area contributed by atoms with Crippen LogP contribution in [0.4, 0.5) is 0 Å². The van der Waals surface area contributed by atoms with Crippen molar-refractivity contribution in [3.8, 4) is 0 Å². The van der Waals surface area contributed by atoms with E-state index in [0.29, 0.717) is 0 Å². The molecule has 0 aliphatic carbocycles. The molecule has 78 valence electrons. The van der Waals surface area contributed by atoms with E-state index in [1.165, 1.54) is 25.6 Å². The van der Waals surface area contributed by atoms with E-state index in [4.69, 9.17) is 0 Å². The van der Waals surface area contributed by atoms with E-state index in [9.17, 15) is 0 Å². The first-order chi connectivity index (χ1) is 7.90. The van der Waals surface area contributed by atoms with Crippen LogP contribution in [-0.2, 0) is 22.1 Å². The molecular weight excluding hydrogens is 471 g/mol. The molecule has 1 aliphatic heterocycles. The fourth-order valence-electron chi connectivity index (χ4n) is 2.30. The van der Waals surface area contributed by atoms with Crippen molar-refractivity contribution in [2.75, 3.05) is 5.75 Å². The molecule has 2 heterocycles. The van der Waals surface area contributed by atoms with Crippen LogP contribution in [0.3, 0.4) is 0 Å². The van der Waals surface area contributed by atoms with Crippen molar-refractivity contribution in [1.29, 1.82) is 0 Å². The Morgan fingerprint density at radius 3 is 3.06 bits per heavy atom. The number of nitrogens with zero attached hydrogens (tertiary/aromatic N) is 1. The van der Waals surface area contributed by atoms with Crippen LogP contribution in [0.15, 0.2) is 41.4 Å². The standard InChI is InChI=1S/C12H11NS.BrH.Hg/c1-9-8-14-12-7-6-10-4-2-3-5-11(10)13(9)12;;/h2-7,9H,1,8H2;1H;/q+1;;+1/p-1. The number of hydrogen-bond acceptors (Lipinski definition) is 1. The molecule has 1 aliphatic rings. The molecule has 1 unspecified atom stereocenters. The second kappa shape index (κ2) is 4.95. The zero-order valence-corrected chi connectivity index (χ0v) is 16.8. The third-order valence-corrected chi connectivity index (χ3v) is 11.7. The fraction of sp³-hybridized carbons (Fsp3) is 0.250. The number of thioether (sulfide) groups is 1. The average Bonchev–Trinajstić information content (AvgIpc) is 2.73. The average molecular weight is 482 g/mol. The monoisotopic (exact) mass is 482 g/mol. The Balaban J connectivity index is 2.20. The Bertz CT molecular complexity index is 529. The van der Waals surface area contributed by atoms with Crippen LogP contribution in [0.2, 0.25) is 3.93 Å². The van der Waals surface area contributed by atoms with Gasteiger partial charge in [0, 0.05) is 0 Å². The number of fused-ring (bicyclic) bond motifs is 3. The van der Waals surface area contributed by atoms with Gasteiger partial charge in [-0.05, 0) is 0 Å². The zero-order chi connectivity index (χ0) is 11.0. The predicted molar refractivity (Wildman–Crippen MR) is 67.6 cm³/mol. The molecule has 16 heavy (non-hydrogen) atoms. The maximum absolute atomic E-state index is 3.77. The summed E-state index contributed by atoms with van der Waals surface area (Å²) in [5.41, 5.74) is 1.41. The van der Waals surface area contributed by atoms with Crippen LogP contribution < -0.4 is 4.57 Å². The van der Waals surface area contributed by atoms with E-state index in [1.54, 1.807) is 0 Å². The minimum absolute atomic E-state index is 0.715. The molecule has 0 fully saturated rings. The van der Waals surface area contributed by atoms with E-state index in [-0.39, 0.29) is 0 Å². The van der Waals surface area contributed by atoms with Crippen molar-refractivity contribution in [3.05, 3.63) is 36.4 Å². The SMILES string of the molecule is [Br][Hg][CH2]C1CSc2ccc3ccccc3[n+]21. The van der Waals surface area contributed by atoms with Gasteiger partial charge in [0.15, 0.2) is 0 Å². The molecule has 0 spiro atoms. The van der Waals surface area contributed by atoms with Gasteiger partial charge in [0.25, 0.3) is 0 Å². The normalized spacial score (nSPS) is 18.4. The minimum atomic E-state index is -0.715. The summed E-state index contributed by atoms with van der Waals surface area (Å²) in [6, 6.07) is 14.0. The molecule has 0 amide bonds. The van der Waals surface area contributed by atoms with Crippen molar-refractivity contribution in [2.45, 2.75) is 15.0 Å².